The molecule has 0 aromatic heterocycles. The third-order valence-electron chi connectivity index (χ3n) is 4.90. The molecule has 5 nitrogen and oxygen atoms in total. The summed E-state index contributed by atoms with van der Waals surface area (Å²) in [5.41, 5.74) is 1.20. The van der Waals surface area contributed by atoms with E-state index >= 15 is 0 Å². The normalized spacial score (nSPS) is 20.8. The van der Waals surface area contributed by atoms with E-state index in [-0.39, 0.29) is 11.9 Å². The van der Waals surface area contributed by atoms with E-state index in [1.54, 1.807) is 18.0 Å². The minimum atomic E-state index is -0.402. The van der Waals surface area contributed by atoms with Crippen LogP contribution in [-0.2, 0) is 4.74 Å². The molecule has 2 heterocycles. The summed E-state index contributed by atoms with van der Waals surface area (Å²) in [6, 6.07) is 5.10. The Morgan fingerprint density at radius 2 is 2.11 bits per heavy atom. The summed E-state index contributed by atoms with van der Waals surface area (Å²) >= 11 is 3.63. The number of hydrogen-bond donors (Lipinski definition) is 1. The monoisotopic (exact) mass is 427 g/mol. The molecule has 1 atom stereocenters. The van der Waals surface area contributed by atoms with Crippen molar-refractivity contribution >= 4 is 41.2 Å². The van der Waals surface area contributed by atoms with Gasteiger partial charge in [-0.1, -0.05) is 25.3 Å². The summed E-state index contributed by atoms with van der Waals surface area (Å²) in [4.78, 5) is 15.9. The number of rotatable bonds is 8. The quantitative estimate of drug-likeness (QED) is 0.486. The van der Waals surface area contributed by atoms with Gasteiger partial charge < -0.3 is 9.64 Å². The molecule has 1 aromatic carbocycles. The van der Waals surface area contributed by atoms with Crippen LogP contribution in [0.15, 0.2) is 18.2 Å². The topological polar surface area (TPSA) is 44.8 Å². The highest BCUT2D eigenvalue weighted by atomic mass is 32.2. The standard InChI is InChI=1S/C20H30FN3O2S2/c1-2-3-12-28-22-14-17-15-24(20(25)26-17)16-6-7-19(18(21)13-16)23-8-4-10-27-11-5-9-23/h6-7,13,17,22H,2-5,8-12,14-15H2,1H3/t17-/m0/s1. The molecule has 0 bridgehead atoms. The Kier molecular flexibility index (Phi) is 8.61. The van der Waals surface area contributed by atoms with Gasteiger partial charge in [0.2, 0.25) is 0 Å². The van der Waals surface area contributed by atoms with E-state index in [1.807, 2.05) is 17.8 Å². The van der Waals surface area contributed by atoms with Crippen LogP contribution in [-0.4, -0.2) is 55.6 Å². The van der Waals surface area contributed by atoms with Gasteiger partial charge in [-0.2, -0.15) is 11.8 Å². The predicted molar refractivity (Wildman–Crippen MR) is 118 cm³/mol. The molecule has 0 radical (unpaired) electrons. The number of unbranched alkanes of at least 4 members (excludes halogenated alkanes) is 1. The number of benzene rings is 1. The van der Waals surface area contributed by atoms with Gasteiger partial charge in [0.05, 0.1) is 17.9 Å². The van der Waals surface area contributed by atoms with Crippen molar-refractivity contribution in [3.05, 3.63) is 24.0 Å². The average molecular weight is 428 g/mol. The van der Waals surface area contributed by atoms with Crippen molar-refractivity contribution in [2.75, 3.05) is 53.2 Å². The Bertz CT molecular complexity index is 642. The van der Waals surface area contributed by atoms with E-state index < -0.39 is 6.09 Å². The highest BCUT2D eigenvalue weighted by Crippen LogP contribution is 2.29. The Morgan fingerprint density at radius 3 is 2.82 bits per heavy atom. The summed E-state index contributed by atoms with van der Waals surface area (Å²) in [6.45, 7) is 4.95. The molecule has 2 aliphatic heterocycles. The molecule has 0 unspecified atom stereocenters. The molecule has 0 spiro atoms. The molecule has 2 fully saturated rings. The number of nitrogens with one attached hydrogen (secondary N) is 1. The van der Waals surface area contributed by atoms with Crippen LogP contribution < -0.4 is 14.5 Å². The number of halogens is 1. The molecule has 28 heavy (non-hydrogen) atoms. The van der Waals surface area contributed by atoms with Crippen molar-refractivity contribution < 1.29 is 13.9 Å². The zero-order chi connectivity index (χ0) is 19.8. The van der Waals surface area contributed by atoms with Gasteiger partial charge >= 0.3 is 6.09 Å². The van der Waals surface area contributed by atoms with Crippen LogP contribution in [0.25, 0.3) is 0 Å². The molecular formula is C20H30FN3O2S2. The average Bonchev–Trinajstić information content (AvgIpc) is 3.02. The molecule has 1 amide bonds. The summed E-state index contributed by atoms with van der Waals surface area (Å²) in [5, 5.41) is 0. The largest absolute Gasteiger partial charge is 0.443 e. The molecule has 1 N–H and O–H groups in total. The highest BCUT2D eigenvalue weighted by molar-refractivity contribution is 7.99. The zero-order valence-electron chi connectivity index (χ0n) is 16.5. The van der Waals surface area contributed by atoms with Gasteiger partial charge in [-0.05, 0) is 49.0 Å². The second-order valence-electron chi connectivity index (χ2n) is 7.11. The smallest absolute Gasteiger partial charge is 0.414 e. The van der Waals surface area contributed by atoms with Crippen LogP contribution >= 0.6 is 23.7 Å². The van der Waals surface area contributed by atoms with Crippen molar-refractivity contribution in [1.82, 2.24) is 4.72 Å². The third kappa shape index (κ3) is 5.94. The minimum Gasteiger partial charge on any atom is -0.443 e. The second-order valence-corrected chi connectivity index (χ2v) is 9.32. The lowest BCUT2D eigenvalue weighted by molar-refractivity contribution is 0.143. The summed E-state index contributed by atoms with van der Waals surface area (Å²) in [6.07, 6.45) is 3.84. The molecule has 2 aliphatic rings. The number of nitrogens with zero attached hydrogens (tertiary/aromatic N) is 2. The highest BCUT2D eigenvalue weighted by Gasteiger charge is 2.32. The fourth-order valence-electron chi connectivity index (χ4n) is 3.37. The van der Waals surface area contributed by atoms with E-state index in [9.17, 15) is 9.18 Å². The van der Waals surface area contributed by atoms with E-state index in [1.165, 1.54) is 17.4 Å². The number of cyclic esters (lactones) is 1. The van der Waals surface area contributed by atoms with Crippen LogP contribution in [0.2, 0.25) is 0 Å². The molecule has 2 saturated heterocycles. The summed E-state index contributed by atoms with van der Waals surface area (Å²) < 4.78 is 23.5. The first-order chi connectivity index (χ1) is 13.7. The molecule has 1 aromatic rings. The molecular weight excluding hydrogens is 397 g/mol. The van der Waals surface area contributed by atoms with Crippen molar-refractivity contribution in [2.45, 2.75) is 38.7 Å². The van der Waals surface area contributed by atoms with Crippen molar-refractivity contribution in [1.29, 1.82) is 0 Å². The van der Waals surface area contributed by atoms with Gasteiger partial charge in [-0.15, -0.1) is 0 Å². The van der Waals surface area contributed by atoms with Crippen LogP contribution in [0, 0.1) is 5.82 Å². The summed E-state index contributed by atoms with van der Waals surface area (Å²) in [7, 11) is 0. The maximum absolute atomic E-state index is 14.8. The second kappa shape index (κ2) is 11.2. The zero-order valence-corrected chi connectivity index (χ0v) is 18.1. The third-order valence-corrected chi connectivity index (χ3v) is 6.92. The van der Waals surface area contributed by atoms with Crippen molar-refractivity contribution in [3.63, 3.8) is 0 Å². The fourth-order valence-corrected chi connectivity index (χ4v) is 5.12. The Hall–Kier alpha value is -1.12. The Morgan fingerprint density at radius 1 is 1.32 bits per heavy atom. The number of carbonyl (C=O) groups is 1. The van der Waals surface area contributed by atoms with Gasteiger partial charge in [0.1, 0.15) is 11.9 Å². The van der Waals surface area contributed by atoms with Gasteiger partial charge in [-0.25, -0.2) is 9.18 Å². The van der Waals surface area contributed by atoms with E-state index in [0.29, 0.717) is 24.5 Å². The molecule has 8 heteroatoms. The Balaban J connectivity index is 1.57. The maximum atomic E-state index is 14.8. The SMILES string of the molecule is CCCCSNC[C@H]1CN(c2ccc(N3CCCSCCC3)c(F)c2)C(=O)O1. The lowest BCUT2D eigenvalue weighted by Crippen LogP contribution is -2.30. The minimum absolute atomic E-state index is 0.212. The van der Waals surface area contributed by atoms with E-state index in [0.717, 1.165) is 49.6 Å². The van der Waals surface area contributed by atoms with Gasteiger partial charge in [-0.3, -0.25) is 9.62 Å². The first kappa shape index (κ1) is 21.6. The number of amides is 1. The van der Waals surface area contributed by atoms with Crippen LogP contribution in [0.4, 0.5) is 20.6 Å². The molecule has 3 rings (SSSR count). The van der Waals surface area contributed by atoms with Gasteiger partial charge in [0, 0.05) is 25.4 Å². The number of hydrogen-bond acceptors (Lipinski definition) is 6. The number of ether oxygens (including phenoxy) is 1. The number of thioether (sulfide) groups is 1. The molecule has 0 aliphatic carbocycles. The van der Waals surface area contributed by atoms with Crippen molar-refractivity contribution in [2.24, 2.45) is 0 Å². The summed E-state index contributed by atoms with van der Waals surface area (Å²) in [5.74, 6) is 3.03. The molecule has 0 saturated carbocycles. The maximum Gasteiger partial charge on any atom is 0.414 e. The van der Waals surface area contributed by atoms with Gasteiger partial charge in [0.15, 0.2) is 0 Å². The van der Waals surface area contributed by atoms with Crippen LogP contribution in [0.1, 0.15) is 32.6 Å². The van der Waals surface area contributed by atoms with E-state index in [2.05, 4.69) is 16.5 Å². The fraction of sp³-hybridized carbons (Fsp3) is 0.650. The van der Waals surface area contributed by atoms with E-state index in [4.69, 9.17) is 4.74 Å². The molecule has 156 valence electrons. The first-order valence-corrected chi connectivity index (χ1v) is 12.3. The lowest BCUT2D eigenvalue weighted by atomic mass is 10.2. The number of anilines is 2. The van der Waals surface area contributed by atoms with Gasteiger partial charge in [0.25, 0.3) is 0 Å². The van der Waals surface area contributed by atoms with Crippen molar-refractivity contribution in [3.8, 4) is 0 Å². The van der Waals surface area contributed by atoms with Crippen LogP contribution in [0.5, 0.6) is 0 Å². The predicted octanol–water partition coefficient (Wildman–Crippen LogP) is 4.52. The first-order valence-electron chi connectivity index (χ1n) is 10.1. The lowest BCUT2D eigenvalue weighted by Gasteiger charge is -2.27. The van der Waals surface area contributed by atoms with Crippen LogP contribution in [0.3, 0.4) is 0 Å². The Labute approximate surface area is 175 Å². The number of carbonyl (C=O) groups excluding carboxylic acids is 1.